The molecule has 2 rings (SSSR count). The first-order valence-electron chi connectivity index (χ1n) is 6.94. The van der Waals surface area contributed by atoms with Crippen LogP contribution in [-0.2, 0) is 10.0 Å². The molecule has 0 amide bonds. The molecule has 0 N–H and O–H groups in total. The van der Waals surface area contributed by atoms with Gasteiger partial charge in [-0.2, -0.15) is 0 Å². The summed E-state index contributed by atoms with van der Waals surface area (Å²) in [6.07, 6.45) is 0. The van der Waals surface area contributed by atoms with Crippen LogP contribution in [0.3, 0.4) is 0 Å². The minimum atomic E-state index is -3.83. The average molecular weight is 374 g/mol. The minimum absolute atomic E-state index is 0.0448. The minimum Gasteiger partial charge on any atom is -0.495 e. The summed E-state index contributed by atoms with van der Waals surface area (Å²) in [5.41, 5.74) is 1.62. The zero-order chi connectivity index (χ0) is 17.2. The quantitative estimate of drug-likeness (QED) is 0.773. The Balaban J connectivity index is 2.56. The smallest absolute Gasteiger partial charge is 0.265 e. The van der Waals surface area contributed by atoms with Gasteiger partial charge < -0.3 is 4.74 Å². The van der Waals surface area contributed by atoms with E-state index in [9.17, 15) is 8.42 Å². The first kappa shape index (κ1) is 17.9. The predicted octanol–water partition coefficient (Wildman–Crippen LogP) is 4.53. The lowest BCUT2D eigenvalue weighted by atomic mass is 10.2. The van der Waals surface area contributed by atoms with Gasteiger partial charge in [-0.25, -0.2) is 8.42 Å². The third-order valence-electron chi connectivity index (χ3n) is 3.41. The largest absolute Gasteiger partial charge is 0.495 e. The van der Waals surface area contributed by atoms with Gasteiger partial charge >= 0.3 is 0 Å². The molecular formula is C16H17Cl2NO3S. The Morgan fingerprint density at radius 3 is 2.17 bits per heavy atom. The van der Waals surface area contributed by atoms with Crippen LogP contribution in [0.2, 0.25) is 10.0 Å². The lowest BCUT2D eigenvalue weighted by molar-refractivity contribution is 0.414. The lowest BCUT2D eigenvalue weighted by Crippen LogP contribution is -2.31. The molecular weight excluding hydrogens is 357 g/mol. The van der Waals surface area contributed by atoms with Gasteiger partial charge in [0.1, 0.15) is 15.7 Å². The van der Waals surface area contributed by atoms with E-state index < -0.39 is 10.0 Å². The van der Waals surface area contributed by atoms with Crippen LogP contribution < -0.4 is 9.04 Å². The van der Waals surface area contributed by atoms with E-state index in [0.29, 0.717) is 11.4 Å². The van der Waals surface area contributed by atoms with E-state index in [4.69, 9.17) is 27.9 Å². The maximum atomic E-state index is 13.0. The fourth-order valence-corrected chi connectivity index (χ4v) is 4.48. The van der Waals surface area contributed by atoms with Crippen LogP contribution in [0.1, 0.15) is 12.5 Å². The Bertz CT molecular complexity index is 805. The second kappa shape index (κ2) is 6.99. The SMILES string of the molecule is CCN(c1ccc(C)cc1)S(=O)(=O)c1ccc(OC)c(Cl)c1Cl. The van der Waals surface area contributed by atoms with Crippen LogP contribution in [0.5, 0.6) is 5.75 Å². The van der Waals surface area contributed by atoms with E-state index in [0.717, 1.165) is 5.56 Å². The second-order valence-electron chi connectivity index (χ2n) is 4.90. The molecule has 0 unspecified atom stereocenters. The number of methoxy groups -OCH3 is 1. The summed E-state index contributed by atoms with van der Waals surface area (Å²) in [5, 5.41) is 0.0341. The van der Waals surface area contributed by atoms with Gasteiger partial charge in [-0.1, -0.05) is 40.9 Å². The highest BCUT2D eigenvalue weighted by Crippen LogP contribution is 2.38. The summed E-state index contributed by atoms with van der Waals surface area (Å²) in [6, 6.07) is 10.1. The number of hydrogen-bond acceptors (Lipinski definition) is 3. The monoisotopic (exact) mass is 373 g/mol. The molecule has 0 aliphatic heterocycles. The van der Waals surface area contributed by atoms with Crippen molar-refractivity contribution in [3.63, 3.8) is 0 Å². The number of aryl methyl sites for hydroxylation is 1. The van der Waals surface area contributed by atoms with Crippen molar-refractivity contribution in [3.05, 3.63) is 52.0 Å². The summed E-state index contributed by atoms with van der Waals surface area (Å²) in [4.78, 5) is -0.0487. The summed E-state index contributed by atoms with van der Waals surface area (Å²) >= 11 is 12.2. The Morgan fingerprint density at radius 1 is 1.04 bits per heavy atom. The lowest BCUT2D eigenvalue weighted by Gasteiger charge is -2.24. The molecule has 124 valence electrons. The van der Waals surface area contributed by atoms with E-state index in [-0.39, 0.29) is 21.5 Å². The van der Waals surface area contributed by atoms with Crippen LogP contribution in [0, 0.1) is 6.92 Å². The van der Waals surface area contributed by atoms with E-state index in [2.05, 4.69) is 0 Å². The Hall–Kier alpha value is -1.43. The van der Waals surface area contributed by atoms with Crippen molar-refractivity contribution in [2.75, 3.05) is 18.0 Å². The number of anilines is 1. The molecule has 7 heteroatoms. The fourth-order valence-electron chi connectivity index (χ4n) is 2.19. The predicted molar refractivity (Wildman–Crippen MR) is 94.4 cm³/mol. The highest BCUT2D eigenvalue weighted by atomic mass is 35.5. The van der Waals surface area contributed by atoms with Crippen LogP contribution in [0.15, 0.2) is 41.3 Å². The van der Waals surface area contributed by atoms with E-state index in [1.165, 1.54) is 23.5 Å². The van der Waals surface area contributed by atoms with Gasteiger partial charge in [0, 0.05) is 6.54 Å². The third kappa shape index (κ3) is 3.42. The van der Waals surface area contributed by atoms with Gasteiger partial charge in [0.15, 0.2) is 0 Å². The van der Waals surface area contributed by atoms with Crippen molar-refractivity contribution >= 4 is 38.9 Å². The topological polar surface area (TPSA) is 46.6 Å². The van der Waals surface area contributed by atoms with Gasteiger partial charge in [-0.05, 0) is 38.1 Å². The van der Waals surface area contributed by atoms with Crippen molar-refractivity contribution in [1.82, 2.24) is 0 Å². The zero-order valence-corrected chi connectivity index (χ0v) is 15.3. The van der Waals surface area contributed by atoms with Gasteiger partial charge in [0.05, 0.1) is 17.8 Å². The number of nitrogens with zero attached hydrogens (tertiary/aromatic N) is 1. The van der Waals surface area contributed by atoms with Crippen LogP contribution in [-0.4, -0.2) is 22.1 Å². The van der Waals surface area contributed by atoms with E-state index in [1.807, 2.05) is 19.1 Å². The number of hydrogen-bond donors (Lipinski definition) is 0. The molecule has 0 saturated carbocycles. The van der Waals surface area contributed by atoms with Crippen molar-refractivity contribution in [3.8, 4) is 5.75 Å². The number of halogens is 2. The average Bonchev–Trinajstić information content (AvgIpc) is 2.52. The van der Waals surface area contributed by atoms with Crippen molar-refractivity contribution in [1.29, 1.82) is 0 Å². The number of ether oxygens (including phenoxy) is 1. The molecule has 4 nitrogen and oxygen atoms in total. The highest BCUT2D eigenvalue weighted by molar-refractivity contribution is 7.93. The summed E-state index contributed by atoms with van der Waals surface area (Å²) in [6.45, 7) is 3.97. The van der Waals surface area contributed by atoms with Crippen LogP contribution in [0.4, 0.5) is 5.69 Å². The third-order valence-corrected chi connectivity index (χ3v) is 6.33. The molecule has 0 bridgehead atoms. The molecule has 0 aromatic heterocycles. The maximum Gasteiger partial charge on any atom is 0.265 e. The van der Waals surface area contributed by atoms with E-state index in [1.54, 1.807) is 19.1 Å². The van der Waals surface area contributed by atoms with Crippen molar-refractivity contribution in [2.24, 2.45) is 0 Å². The molecule has 0 saturated heterocycles. The normalized spacial score (nSPS) is 11.3. The maximum absolute atomic E-state index is 13.0. The van der Waals surface area contributed by atoms with Crippen molar-refractivity contribution < 1.29 is 13.2 Å². The summed E-state index contributed by atoms with van der Waals surface area (Å²) < 4.78 is 32.3. The zero-order valence-electron chi connectivity index (χ0n) is 13.0. The van der Waals surface area contributed by atoms with Gasteiger partial charge in [0.25, 0.3) is 10.0 Å². The Morgan fingerprint density at radius 2 is 1.65 bits per heavy atom. The molecule has 2 aromatic carbocycles. The molecule has 0 atom stereocenters. The number of sulfonamides is 1. The molecule has 0 heterocycles. The molecule has 0 fully saturated rings. The van der Waals surface area contributed by atoms with Crippen LogP contribution >= 0.6 is 23.2 Å². The standard InChI is InChI=1S/C16H17Cl2NO3S/c1-4-19(12-7-5-11(2)6-8-12)23(20,21)14-10-9-13(22-3)15(17)16(14)18/h5-10H,4H2,1-3H3. The fraction of sp³-hybridized carbons (Fsp3) is 0.250. The Labute approximate surface area is 146 Å². The Kier molecular flexibility index (Phi) is 5.45. The number of benzene rings is 2. The van der Waals surface area contributed by atoms with Gasteiger partial charge in [-0.15, -0.1) is 0 Å². The molecule has 2 aromatic rings. The highest BCUT2D eigenvalue weighted by Gasteiger charge is 2.28. The first-order chi connectivity index (χ1) is 10.8. The molecule has 0 aliphatic carbocycles. The summed E-state index contributed by atoms with van der Waals surface area (Å²) in [7, 11) is -2.39. The molecule has 0 spiro atoms. The second-order valence-corrected chi connectivity index (χ2v) is 7.49. The molecule has 23 heavy (non-hydrogen) atoms. The molecule has 0 aliphatic rings. The van der Waals surface area contributed by atoms with Crippen molar-refractivity contribution in [2.45, 2.75) is 18.7 Å². The molecule has 0 radical (unpaired) electrons. The van der Waals surface area contributed by atoms with Gasteiger partial charge in [-0.3, -0.25) is 4.31 Å². The number of rotatable bonds is 5. The van der Waals surface area contributed by atoms with Gasteiger partial charge in [0.2, 0.25) is 0 Å². The van der Waals surface area contributed by atoms with Crippen LogP contribution in [0.25, 0.3) is 0 Å². The van der Waals surface area contributed by atoms with E-state index >= 15 is 0 Å². The first-order valence-corrected chi connectivity index (χ1v) is 9.14. The summed E-state index contributed by atoms with van der Waals surface area (Å²) in [5.74, 6) is 0.328.